The van der Waals surface area contributed by atoms with E-state index in [1.54, 1.807) is 6.92 Å². The van der Waals surface area contributed by atoms with Gasteiger partial charge in [0.2, 0.25) is 0 Å². The lowest BCUT2D eigenvalue weighted by molar-refractivity contribution is 0.101. The molecule has 0 bridgehead atoms. The molecule has 3 nitrogen and oxygen atoms in total. The number of aliphatic imine (C=N–C) groups is 1. The largest absolute Gasteiger partial charge is 0.347 e. The maximum absolute atomic E-state index is 11.3. The molecule has 1 aliphatic rings. The number of para-hydroxylation sites is 1. The van der Waals surface area contributed by atoms with Crippen molar-refractivity contribution < 1.29 is 4.79 Å². The van der Waals surface area contributed by atoms with E-state index >= 15 is 0 Å². The fourth-order valence-corrected chi connectivity index (χ4v) is 3.28. The number of hydrogen-bond donors (Lipinski definition) is 0. The van der Waals surface area contributed by atoms with Crippen molar-refractivity contribution in [3.05, 3.63) is 71.4 Å². The van der Waals surface area contributed by atoms with Crippen LogP contribution in [0, 0.1) is 0 Å². The molecule has 0 atom stereocenters. The third-order valence-electron chi connectivity index (χ3n) is 4.67. The van der Waals surface area contributed by atoms with Crippen LogP contribution in [0.5, 0.6) is 0 Å². The van der Waals surface area contributed by atoms with Gasteiger partial charge in [0.1, 0.15) is 0 Å². The summed E-state index contributed by atoms with van der Waals surface area (Å²) in [5.74, 6) is 0.0692. The van der Waals surface area contributed by atoms with E-state index < -0.39 is 0 Å². The van der Waals surface area contributed by atoms with Crippen molar-refractivity contribution in [3.63, 3.8) is 0 Å². The number of benzene rings is 2. The molecule has 0 unspecified atom stereocenters. The Labute approximate surface area is 143 Å². The van der Waals surface area contributed by atoms with Gasteiger partial charge in [-0.2, -0.15) is 0 Å². The van der Waals surface area contributed by atoms with E-state index in [-0.39, 0.29) is 11.2 Å². The molecule has 1 heterocycles. The number of ketones is 1. The van der Waals surface area contributed by atoms with Crippen LogP contribution in [0.2, 0.25) is 0 Å². The fraction of sp³-hybridized carbons (Fsp3) is 0.238. The van der Waals surface area contributed by atoms with Crippen LogP contribution >= 0.6 is 0 Å². The number of Topliss-reactive ketones (excluding diaryl/α,β-unsaturated/α-hetero) is 1. The molecule has 0 amide bonds. The molecule has 1 aliphatic heterocycles. The van der Waals surface area contributed by atoms with Crippen LogP contribution in [-0.4, -0.2) is 19.0 Å². The number of anilines is 1. The first-order chi connectivity index (χ1) is 11.4. The van der Waals surface area contributed by atoms with Gasteiger partial charge in [-0.1, -0.05) is 32.0 Å². The molecular formula is C21H22N2O. The maximum Gasteiger partial charge on any atom is 0.159 e. The van der Waals surface area contributed by atoms with Crippen molar-refractivity contribution in [1.82, 2.24) is 0 Å². The normalized spacial score (nSPS) is 17.5. The highest BCUT2D eigenvalue weighted by Crippen LogP contribution is 2.46. The van der Waals surface area contributed by atoms with Gasteiger partial charge in [-0.3, -0.25) is 9.79 Å². The summed E-state index contributed by atoms with van der Waals surface area (Å²) in [6.07, 6.45) is 3.90. The van der Waals surface area contributed by atoms with Crippen LogP contribution in [0.25, 0.3) is 0 Å². The second kappa shape index (κ2) is 6.08. The van der Waals surface area contributed by atoms with Crippen molar-refractivity contribution >= 4 is 23.4 Å². The number of hydrogen-bond acceptors (Lipinski definition) is 3. The lowest BCUT2D eigenvalue weighted by Crippen LogP contribution is -2.22. The molecule has 0 aromatic heterocycles. The minimum absolute atomic E-state index is 0.0458. The van der Waals surface area contributed by atoms with Gasteiger partial charge in [0, 0.05) is 35.6 Å². The van der Waals surface area contributed by atoms with Crippen LogP contribution in [0.4, 0.5) is 11.4 Å². The molecule has 3 rings (SSSR count). The van der Waals surface area contributed by atoms with E-state index in [0.29, 0.717) is 5.56 Å². The van der Waals surface area contributed by atoms with Crippen molar-refractivity contribution in [2.45, 2.75) is 26.2 Å². The van der Waals surface area contributed by atoms with E-state index in [2.05, 4.69) is 61.1 Å². The number of carbonyl (C=O) groups is 1. The summed E-state index contributed by atoms with van der Waals surface area (Å²) in [5, 5.41) is 0. The summed E-state index contributed by atoms with van der Waals surface area (Å²) >= 11 is 0. The maximum atomic E-state index is 11.3. The first-order valence-corrected chi connectivity index (χ1v) is 8.10. The average molecular weight is 318 g/mol. The Hall–Kier alpha value is -2.68. The fourth-order valence-electron chi connectivity index (χ4n) is 3.28. The Morgan fingerprint density at radius 3 is 2.38 bits per heavy atom. The zero-order valence-electron chi connectivity index (χ0n) is 14.6. The predicted molar refractivity (Wildman–Crippen MR) is 101 cm³/mol. The number of allylic oxidation sites excluding steroid dienone is 2. The van der Waals surface area contributed by atoms with Crippen LogP contribution in [0.3, 0.4) is 0 Å². The molecule has 0 radical (unpaired) electrons. The monoisotopic (exact) mass is 318 g/mol. The standard InChI is InChI=1S/C21H22N2O/c1-15(24)16-9-11-17(12-10-16)22-14-13-20-21(2,3)18-7-5-6-8-19(18)23(20)4/h5-14H,1-4H3/b20-13+,22-14?. The van der Waals surface area contributed by atoms with Gasteiger partial charge in [-0.05, 0) is 48.9 Å². The smallest absolute Gasteiger partial charge is 0.159 e. The Kier molecular flexibility index (Phi) is 4.10. The first-order valence-electron chi connectivity index (χ1n) is 8.10. The molecule has 2 aromatic carbocycles. The average Bonchev–Trinajstić information content (AvgIpc) is 2.76. The van der Waals surface area contributed by atoms with Crippen molar-refractivity contribution in [2.24, 2.45) is 4.99 Å². The quantitative estimate of drug-likeness (QED) is 0.595. The molecule has 0 saturated carbocycles. The molecule has 122 valence electrons. The highest BCUT2D eigenvalue weighted by atomic mass is 16.1. The second-order valence-electron chi connectivity index (χ2n) is 6.63. The highest BCUT2D eigenvalue weighted by Gasteiger charge is 2.37. The SMILES string of the molecule is CC(=O)c1ccc(N=C/C=C2/N(C)c3ccccc3C2(C)C)cc1. The lowest BCUT2D eigenvalue weighted by atomic mass is 9.84. The summed E-state index contributed by atoms with van der Waals surface area (Å²) in [7, 11) is 2.09. The number of likely N-dealkylation sites (N-methyl/N-ethyl adjacent to an activating group) is 1. The van der Waals surface area contributed by atoms with Gasteiger partial charge in [0.25, 0.3) is 0 Å². The van der Waals surface area contributed by atoms with E-state index in [4.69, 9.17) is 0 Å². The van der Waals surface area contributed by atoms with Gasteiger partial charge < -0.3 is 4.90 Å². The molecule has 0 aliphatic carbocycles. The summed E-state index contributed by atoms with van der Waals surface area (Å²) in [6, 6.07) is 15.8. The Balaban J connectivity index is 1.86. The summed E-state index contributed by atoms with van der Waals surface area (Å²) in [5.41, 5.74) is 5.29. The van der Waals surface area contributed by atoms with Crippen LogP contribution in [-0.2, 0) is 5.41 Å². The minimum Gasteiger partial charge on any atom is -0.347 e. The van der Waals surface area contributed by atoms with Gasteiger partial charge in [-0.15, -0.1) is 0 Å². The van der Waals surface area contributed by atoms with Gasteiger partial charge in [-0.25, -0.2) is 0 Å². The predicted octanol–water partition coefficient (Wildman–Crippen LogP) is 4.90. The number of nitrogens with zero attached hydrogens (tertiary/aromatic N) is 2. The summed E-state index contributed by atoms with van der Waals surface area (Å²) in [4.78, 5) is 18.0. The van der Waals surface area contributed by atoms with Crippen LogP contribution < -0.4 is 4.90 Å². The molecule has 0 fully saturated rings. The third kappa shape index (κ3) is 2.78. The zero-order valence-corrected chi connectivity index (χ0v) is 14.6. The van der Waals surface area contributed by atoms with Crippen molar-refractivity contribution in [2.75, 3.05) is 11.9 Å². The van der Waals surface area contributed by atoms with Gasteiger partial charge in [0.15, 0.2) is 5.78 Å². The molecular weight excluding hydrogens is 296 g/mol. The van der Waals surface area contributed by atoms with Crippen molar-refractivity contribution in [1.29, 1.82) is 0 Å². The Bertz CT molecular complexity index is 829. The molecule has 0 saturated heterocycles. The lowest BCUT2D eigenvalue weighted by Gasteiger charge is -2.23. The number of fused-ring (bicyclic) bond motifs is 1. The zero-order chi connectivity index (χ0) is 17.3. The summed E-state index contributed by atoms with van der Waals surface area (Å²) in [6.45, 7) is 6.03. The Morgan fingerprint density at radius 1 is 1.08 bits per heavy atom. The topological polar surface area (TPSA) is 32.7 Å². The molecule has 3 heteroatoms. The summed E-state index contributed by atoms with van der Waals surface area (Å²) < 4.78 is 0. The van der Waals surface area contributed by atoms with Crippen LogP contribution in [0.15, 0.2) is 65.3 Å². The van der Waals surface area contributed by atoms with Crippen LogP contribution in [0.1, 0.15) is 36.7 Å². The van der Waals surface area contributed by atoms with Gasteiger partial charge >= 0.3 is 0 Å². The molecule has 0 N–H and O–H groups in total. The third-order valence-corrected chi connectivity index (χ3v) is 4.67. The van der Waals surface area contributed by atoms with Gasteiger partial charge in [0.05, 0.1) is 5.69 Å². The molecule has 2 aromatic rings. The highest BCUT2D eigenvalue weighted by molar-refractivity contribution is 5.94. The van der Waals surface area contributed by atoms with E-state index in [9.17, 15) is 4.79 Å². The Morgan fingerprint density at radius 2 is 1.75 bits per heavy atom. The van der Waals surface area contributed by atoms with E-state index in [0.717, 1.165) is 5.69 Å². The molecule has 24 heavy (non-hydrogen) atoms. The van der Waals surface area contributed by atoms with Crippen molar-refractivity contribution in [3.8, 4) is 0 Å². The number of rotatable bonds is 3. The van der Waals surface area contributed by atoms with E-state index in [1.807, 2.05) is 30.5 Å². The van der Waals surface area contributed by atoms with E-state index in [1.165, 1.54) is 16.9 Å². The first kappa shape index (κ1) is 16.2. The second-order valence-corrected chi connectivity index (χ2v) is 6.63. The molecule has 0 spiro atoms. The number of carbonyl (C=O) groups excluding carboxylic acids is 1. The minimum atomic E-state index is -0.0458.